The van der Waals surface area contributed by atoms with Crippen molar-refractivity contribution in [3.63, 3.8) is 0 Å². The summed E-state index contributed by atoms with van der Waals surface area (Å²) in [4.78, 5) is 12.5. The molecule has 1 saturated carbocycles. The molecule has 1 aliphatic carbocycles. The number of rotatable bonds is 6. The van der Waals surface area contributed by atoms with Gasteiger partial charge in [0.2, 0.25) is 10.0 Å². The first-order chi connectivity index (χ1) is 18.6. The van der Waals surface area contributed by atoms with E-state index in [9.17, 15) is 18.3 Å². The number of hydrogen-bond donors (Lipinski definition) is 1. The highest BCUT2D eigenvalue weighted by Gasteiger charge is 2.45. The molecular weight excluding hydrogens is 582 g/mol. The van der Waals surface area contributed by atoms with Gasteiger partial charge in [-0.3, -0.25) is 4.68 Å². The molecule has 0 radical (unpaired) electrons. The predicted octanol–water partition coefficient (Wildman–Crippen LogP) is 4.72. The van der Waals surface area contributed by atoms with Gasteiger partial charge in [0.05, 0.1) is 16.2 Å². The molecule has 0 amide bonds. The fraction of sp³-hybridized carbons (Fsp3) is 0.321. The molecule has 2 aliphatic rings. The lowest BCUT2D eigenvalue weighted by atomic mass is 10.0. The first-order valence-corrected chi connectivity index (χ1v) is 15.0. The summed E-state index contributed by atoms with van der Waals surface area (Å²) in [5, 5.41) is 18.2. The minimum absolute atomic E-state index is 0.00763. The molecule has 2 aromatic carbocycles. The average molecular weight is 611 g/mol. The van der Waals surface area contributed by atoms with Crippen molar-refractivity contribution in [3.05, 3.63) is 93.5 Å². The molecule has 0 saturated heterocycles. The van der Waals surface area contributed by atoms with Crippen molar-refractivity contribution in [3.8, 4) is 5.69 Å². The van der Waals surface area contributed by atoms with Crippen LogP contribution in [-0.2, 0) is 30.0 Å². The zero-order valence-electron chi connectivity index (χ0n) is 21.5. The number of aryl methyl sites for hydroxylation is 1. The number of aromatic nitrogens is 4. The SMILES string of the molecule is C[C@H]1Cc2ccc(Br)cc2S(=O)(=O)N(Cc2cccc(-n3ccc(C(=O)O)c3[C@@H]3C[C@H]3c3cn(C)nn3)c2)C1. The van der Waals surface area contributed by atoms with Gasteiger partial charge in [-0.05, 0) is 60.2 Å². The van der Waals surface area contributed by atoms with E-state index in [4.69, 9.17) is 0 Å². The Balaban J connectivity index is 1.33. The van der Waals surface area contributed by atoms with E-state index >= 15 is 0 Å². The Morgan fingerprint density at radius 3 is 2.72 bits per heavy atom. The van der Waals surface area contributed by atoms with Gasteiger partial charge < -0.3 is 9.67 Å². The van der Waals surface area contributed by atoms with Crippen molar-refractivity contribution in [2.45, 2.75) is 43.0 Å². The zero-order chi connectivity index (χ0) is 27.5. The lowest BCUT2D eigenvalue weighted by Crippen LogP contribution is -2.32. The number of halogens is 1. The molecule has 0 bridgehead atoms. The van der Waals surface area contributed by atoms with Crippen LogP contribution in [-0.4, -0.2) is 49.9 Å². The second-order valence-corrected chi connectivity index (χ2v) is 13.4. The molecule has 202 valence electrons. The number of carboxylic acid groups (broad SMARTS) is 1. The number of fused-ring (bicyclic) bond motifs is 1. The number of carboxylic acids is 1. The van der Waals surface area contributed by atoms with E-state index in [-0.39, 0.29) is 29.9 Å². The third-order valence-corrected chi connectivity index (χ3v) is 9.96. The molecule has 3 atom stereocenters. The van der Waals surface area contributed by atoms with Gasteiger partial charge in [0.1, 0.15) is 0 Å². The largest absolute Gasteiger partial charge is 0.478 e. The number of carbonyl (C=O) groups is 1. The number of hydrogen-bond acceptors (Lipinski definition) is 5. The van der Waals surface area contributed by atoms with E-state index in [0.717, 1.165) is 39.1 Å². The number of nitrogens with zero attached hydrogens (tertiary/aromatic N) is 5. The fourth-order valence-electron chi connectivity index (χ4n) is 5.71. The quantitative estimate of drug-likeness (QED) is 0.339. The summed E-state index contributed by atoms with van der Waals surface area (Å²) in [6.07, 6.45) is 5.14. The highest BCUT2D eigenvalue weighted by Crippen LogP contribution is 2.55. The molecule has 6 rings (SSSR count). The Bertz CT molecular complexity index is 1700. The van der Waals surface area contributed by atoms with Crippen LogP contribution < -0.4 is 0 Å². The van der Waals surface area contributed by atoms with Crippen LogP contribution in [0.15, 0.2) is 70.3 Å². The normalized spacial score (nSPS) is 22.3. The third kappa shape index (κ3) is 4.83. The van der Waals surface area contributed by atoms with E-state index in [1.807, 2.05) is 54.2 Å². The third-order valence-electron chi connectivity index (χ3n) is 7.58. The lowest BCUT2D eigenvalue weighted by molar-refractivity contribution is 0.0695. The number of aromatic carboxylic acids is 1. The number of benzene rings is 2. The van der Waals surface area contributed by atoms with Crippen LogP contribution in [0.25, 0.3) is 5.69 Å². The molecule has 39 heavy (non-hydrogen) atoms. The second-order valence-electron chi connectivity index (χ2n) is 10.6. The first-order valence-electron chi connectivity index (χ1n) is 12.8. The molecule has 9 nitrogen and oxygen atoms in total. The first kappa shape index (κ1) is 26.0. The van der Waals surface area contributed by atoms with Crippen molar-refractivity contribution in [2.24, 2.45) is 13.0 Å². The maximum atomic E-state index is 13.7. The number of sulfonamides is 1. The fourth-order valence-corrected chi connectivity index (χ4v) is 8.03. The maximum absolute atomic E-state index is 13.7. The van der Waals surface area contributed by atoms with Crippen molar-refractivity contribution < 1.29 is 18.3 Å². The topological polar surface area (TPSA) is 110 Å². The summed E-state index contributed by atoms with van der Waals surface area (Å²) in [5.74, 6) is -0.698. The van der Waals surface area contributed by atoms with Crippen LogP contribution in [0.4, 0.5) is 0 Å². The minimum Gasteiger partial charge on any atom is -0.478 e. The van der Waals surface area contributed by atoms with Crippen LogP contribution in [0, 0.1) is 5.92 Å². The lowest BCUT2D eigenvalue weighted by Gasteiger charge is -2.23. The van der Waals surface area contributed by atoms with E-state index in [1.165, 1.54) is 0 Å². The summed E-state index contributed by atoms with van der Waals surface area (Å²) in [7, 11) is -1.89. The molecule has 4 aromatic rings. The molecule has 0 spiro atoms. The van der Waals surface area contributed by atoms with E-state index < -0.39 is 16.0 Å². The molecule has 1 aliphatic heterocycles. The van der Waals surface area contributed by atoms with Gasteiger partial charge in [-0.1, -0.05) is 46.3 Å². The smallest absolute Gasteiger partial charge is 0.337 e. The van der Waals surface area contributed by atoms with Crippen LogP contribution in [0.2, 0.25) is 0 Å². The molecule has 3 heterocycles. The van der Waals surface area contributed by atoms with Crippen molar-refractivity contribution in [2.75, 3.05) is 6.54 Å². The Hall–Kier alpha value is -3.28. The van der Waals surface area contributed by atoms with Gasteiger partial charge in [0, 0.05) is 60.2 Å². The van der Waals surface area contributed by atoms with Gasteiger partial charge in [0.15, 0.2) is 0 Å². The van der Waals surface area contributed by atoms with E-state index in [2.05, 4.69) is 33.2 Å². The van der Waals surface area contributed by atoms with Crippen LogP contribution in [0.5, 0.6) is 0 Å². The average Bonchev–Trinajstić information content (AvgIpc) is 3.36. The minimum atomic E-state index is -3.70. The Kier molecular flexibility index (Phi) is 6.47. The van der Waals surface area contributed by atoms with Gasteiger partial charge in [-0.2, -0.15) is 4.31 Å². The zero-order valence-corrected chi connectivity index (χ0v) is 23.9. The predicted molar refractivity (Wildman–Crippen MR) is 148 cm³/mol. The van der Waals surface area contributed by atoms with Crippen molar-refractivity contribution in [1.29, 1.82) is 0 Å². The summed E-state index contributed by atoms with van der Waals surface area (Å²) >= 11 is 3.42. The standard InChI is InChI=1S/C28H28BrN5O4S/c1-17-10-19-6-7-20(29)12-26(19)39(37,38)33(14-17)15-18-4-3-5-21(11-18)34-9-8-22(28(35)36)27(34)24-13-23(24)25-16-32(2)31-30-25/h3-9,11-12,16-17,23-24H,10,13-15H2,1-2H3,(H,35,36)/t17-,23+,24+/m0/s1. The molecule has 0 unspecified atom stereocenters. The maximum Gasteiger partial charge on any atom is 0.337 e. The van der Waals surface area contributed by atoms with Gasteiger partial charge >= 0.3 is 5.97 Å². The van der Waals surface area contributed by atoms with E-state index in [0.29, 0.717) is 17.9 Å². The Morgan fingerprint density at radius 1 is 1.15 bits per heavy atom. The van der Waals surface area contributed by atoms with Gasteiger partial charge in [-0.15, -0.1) is 5.10 Å². The Labute approximate surface area is 235 Å². The van der Waals surface area contributed by atoms with Gasteiger partial charge in [-0.25, -0.2) is 13.2 Å². The summed E-state index contributed by atoms with van der Waals surface area (Å²) in [6.45, 7) is 2.71. The highest BCUT2D eigenvalue weighted by atomic mass is 79.9. The monoisotopic (exact) mass is 609 g/mol. The molecule has 1 fully saturated rings. The van der Waals surface area contributed by atoms with Crippen molar-refractivity contribution >= 4 is 31.9 Å². The molecule has 11 heteroatoms. The summed E-state index contributed by atoms with van der Waals surface area (Å²) in [6, 6.07) is 14.8. The summed E-state index contributed by atoms with van der Waals surface area (Å²) < 4.78 is 33.3. The second kappa shape index (κ2) is 9.72. The summed E-state index contributed by atoms with van der Waals surface area (Å²) in [5.41, 5.74) is 4.31. The van der Waals surface area contributed by atoms with Crippen LogP contribution >= 0.6 is 15.9 Å². The molecule has 1 N–H and O–H groups in total. The molecular formula is C28H28BrN5O4S. The van der Waals surface area contributed by atoms with E-state index in [1.54, 1.807) is 27.3 Å². The van der Waals surface area contributed by atoms with Crippen LogP contribution in [0.1, 0.15) is 58.1 Å². The Morgan fingerprint density at radius 2 is 1.97 bits per heavy atom. The van der Waals surface area contributed by atoms with Gasteiger partial charge in [0.25, 0.3) is 0 Å². The van der Waals surface area contributed by atoms with Crippen molar-refractivity contribution in [1.82, 2.24) is 23.9 Å². The van der Waals surface area contributed by atoms with Crippen LogP contribution in [0.3, 0.4) is 0 Å². The highest BCUT2D eigenvalue weighted by molar-refractivity contribution is 9.10. The molecule has 2 aromatic heterocycles.